The molecule has 1 heterocycles. The molecule has 0 bridgehead atoms. The number of benzene rings is 1. The van der Waals surface area contributed by atoms with Crippen LogP contribution in [-0.4, -0.2) is 28.9 Å². The van der Waals surface area contributed by atoms with Crippen LogP contribution < -0.4 is 10.6 Å². The highest BCUT2D eigenvalue weighted by molar-refractivity contribution is 7.98. The fraction of sp³-hybridized carbons (Fsp3) is 0.267. The van der Waals surface area contributed by atoms with Gasteiger partial charge in [-0.05, 0) is 36.4 Å². The van der Waals surface area contributed by atoms with Crippen LogP contribution in [-0.2, 0) is 11.2 Å². The van der Waals surface area contributed by atoms with Gasteiger partial charge in [-0.3, -0.25) is 4.79 Å². The van der Waals surface area contributed by atoms with E-state index in [1.54, 1.807) is 0 Å². The zero-order valence-electron chi connectivity index (χ0n) is 12.1. The number of aryl methyl sites for hydroxylation is 1. The lowest BCUT2D eigenvalue weighted by Crippen LogP contribution is -2.22. The highest BCUT2D eigenvalue weighted by Gasteiger charge is 2.06. The van der Waals surface area contributed by atoms with Crippen LogP contribution in [0.2, 0.25) is 0 Å². The Morgan fingerprint density at radius 3 is 2.67 bits per heavy atom. The normalized spacial score (nSPS) is 10.2. The Kier molecular flexibility index (Phi) is 5.57. The van der Waals surface area contributed by atoms with Gasteiger partial charge in [-0.2, -0.15) is 0 Å². The molecule has 5 nitrogen and oxygen atoms in total. The lowest BCUT2D eigenvalue weighted by atomic mass is 10.1. The molecule has 2 aromatic rings. The standard InChI is InChI=1S/C15H18N4OS/c1-3-11-6-4-5-7-12(11)17-14(20)10-16-13-8-9-15(21-2)19-18-13/h4-9H,3,10H2,1-2H3,(H,16,18)(H,17,20). The highest BCUT2D eigenvalue weighted by atomic mass is 32.2. The van der Waals surface area contributed by atoms with Crippen LogP contribution in [0.25, 0.3) is 0 Å². The molecule has 0 spiro atoms. The van der Waals surface area contributed by atoms with Gasteiger partial charge in [0, 0.05) is 5.69 Å². The number of nitrogens with one attached hydrogen (secondary N) is 2. The zero-order valence-corrected chi connectivity index (χ0v) is 12.9. The molecule has 2 N–H and O–H groups in total. The predicted molar refractivity (Wildman–Crippen MR) is 86.8 cm³/mol. The Bertz CT molecular complexity index is 601. The first-order chi connectivity index (χ1) is 10.2. The van der Waals surface area contributed by atoms with E-state index in [0.717, 1.165) is 22.7 Å². The van der Waals surface area contributed by atoms with Gasteiger partial charge in [0.1, 0.15) is 10.8 Å². The van der Waals surface area contributed by atoms with Crippen molar-refractivity contribution in [1.29, 1.82) is 0 Å². The molecule has 0 radical (unpaired) electrons. The van der Waals surface area contributed by atoms with Crippen LogP contribution >= 0.6 is 11.8 Å². The first-order valence-corrected chi connectivity index (χ1v) is 7.94. The van der Waals surface area contributed by atoms with Crippen LogP contribution in [0.3, 0.4) is 0 Å². The average Bonchev–Trinajstić information content (AvgIpc) is 2.54. The maximum atomic E-state index is 12.0. The third-order valence-electron chi connectivity index (χ3n) is 2.95. The van der Waals surface area contributed by atoms with Gasteiger partial charge in [-0.25, -0.2) is 0 Å². The van der Waals surface area contributed by atoms with E-state index in [1.807, 2.05) is 42.7 Å². The van der Waals surface area contributed by atoms with Gasteiger partial charge in [0.25, 0.3) is 0 Å². The van der Waals surface area contributed by atoms with Gasteiger partial charge in [-0.15, -0.1) is 22.0 Å². The fourth-order valence-electron chi connectivity index (χ4n) is 1.84. The van der Waals surface area contributed by atoms with Crippen molar-refractivity contribution in [3.63, 3.8) is 0 Å². The van der Waals surface area contributed by atoms with Crippen molar-refractivity contribution in [3.05, 3.63) is 42.0 Å². The van der Waals surface area contributed by atoms with E-state index in [0.29, 0.717) is 5.82 Å². The van der Waals surface area contributed by atoms with Crippen LogP contribution in [0.4, 0.5) is 11.5 Å². The molecule has 1 aromatic heterocycles. The molecule has 21 heavy (non-hydrogen) atoms. The molecule has 0 aliphatic heterocycles. The SMILES string of the molecule is CCc1ccccc1NC(=O)CNc1ccc(SC)nn1. The summed E-state index contributed by atoms with van der Waals surface area (Å²) in [5, 5.41) is 14.7. The van der Waals surface area contributed by atoms with Crippen molar-refractivity contribution in [1.82, 2.24) is 10.2 Å². The number of carbonyl (C=O) groups is 1. The second-order valence-corrected chi connectivity index (χ2v) is 5.20. The van der Waals surface area contributed by atoms with Crippen molar-refractivity contribution in [2.75, 3.05) is 23.4 Å². The summed E-state index contributed by atoms with van der Waals surface area (Å²) in [7, 11) is 0. The number of amides is 1. The number of carbonyl (C=O) groups excluding carboxylic acids is 1. The van der Waals surface area contributed by atoms with Crippen molar-refractivity contribution < 1.29 is 4.79 Å². The summed E-state index contributed by atoms with van der Waals surface area (Å²) in [6.07, 6.45) is 2.82. The van der Waals surface area contributed by atoms with Crippen LogP contribution in [0.5, 0.6) is 0 Å². The number of thioether (sulfide) groups is 1. The molecule has 0 atom stereocenters. The summed E-state index contributed by atoms with van der Waals surface area (Å²) in [5.74, 6) is 0.485. The molecule has 0 saturated heterocycles. The smallest absolute Gasteiger partial charge is 0.243 e. The third-order valence-corrected chi connectivity index (χ3v) is 3.59. The largest absolute Gasteiger partial charge is 0.360 e. The summed E-state index contributed by atoms with van der Waals surface area (Å²) in [6, 6.07) is 11.5. The van der Waals surface area contributed by atoms with E-state index >= 15 is 0 Å². The van der Waals surface area contributed by atoms with Gasteiger partial charge in [-0.1, -0.05) is 25.1 Å². The number of hydrogen-bond donors (Lipinski definition) is 2. The number of rotatable bonds is 6. The molecule has 0 saturated carbocycles. The minimum absolute atomic E-state index is 0.105. The van der Waals surface area contributed by atoms with Gasteiger partial charge in [0.05, 0.1) is 6.54 Å². The topological polar surface area (TPSA) is 66.9 Å². The summed E-state index contributed by atoms with van der Waals surface area (Å²) in [4.78, 5) is 12.0. The Morgan fingerprint density at radius 1 is 1.19 bits per heavy atom. The van der Waals surface area contributed by atoms with Crippen molar-refractivity contribution in [2.45, 2.75) is 18.4 Å². The maximum absolute atomic E-state index is 12.0. The van der Waals surface area contributed by atoms with Gasteiger partial charge < -0.3 is 10.6 Å². The summed E-state index contributed by atoms with van der Waals surface area (Å²) in [6.45, 7) is 2.22. The number of hydrogen-bond acceptors (Lipinski definition) is 5. The van der Waals surface area contributed by atoms with Crippen LogP contribution in [0.15, 0.2) is 41.4 Å². The number of nitrogens with zero attached hydrogens (tertiary/aromatic N) is 2. The minimum Gasteiger partial charge on any atom is -0.360 e. The third kappa shape index (κ3) is 4.46. The van der Waals surface area contributed by atoms with Crippen molar-refractivity contribution in [2.24, 2.45) is 0 Å². The molecule has 2 rings (SSSR count). The second kappa shape index (κ2) is 7.64. The predicted octanol–water partition coefficient (Wildman–Crippen LogP) is 2.81. The summed E-state index contributed by atoms with van der Waals surface area (Å²) in [5.41, 5.74) is 1.98. The fourth-order valence-corrected chi connectivity index (χ4v) is 2.17. The van der Waals surface area contributed by atoms with Crippen molar-refractivity contribution in [3.8, 4) is 0 Å². The molecule has 0 fully saturated rings. The van der Waals surface area contributed by atoms with E-state index in [1.165, 1.54) is 11.8 Å². The van der Waals surface area contributed by atoms with E-state index in [9.17, 15) is 4.79 Å². The van der Waals surface area contributed by atoms with E-state index < -0.39 is 0 Å². The Hall–Kier alpha value is -2.08. The molecule has 1 amide bonds. The zero-order chi connectivity index (χ0) is 15.1. The quantitative estimate of drug-likeness (QED) is 0.803. The molecular weight excluding hydrogens is 284 g/mol. The molecule has 0 aliphatic carbocycles. The van der Waals surface area contributed by atoms with E-state index in [4.69, 9.17) is 0 Å². The molecular formula is C15H18N4OS. The molecule has 6 heteroatoms. The molecule has 1 aromatic carbocycles. The highest BCUT2D eigenvalue weighted by Crippen LogP contribution is 2.15. The second-order valence-electron chi connectivity index (χ2n) is 4.37. The van der Waals surface area contributed by atoms with Gasteiger partial charge >= 0.3 is 0 Å². The van der Waals surface area contributed by atoms with Gasteiger partial charge in [0.2, 0.25) is 5.91 Å². The summed E-state index contributed by atoms with van der Waals surface area (Å²) < 4.78 is 0. The average molecular weight is 302 g/mol. The van der Waals surface area contributed by atoms with E-state index in [2.05, 4.69) is 27.8 Å². The van der Waals surface area contributed by atoms with Crippen molar-refractivity contribution >= 4 is 29.2 Å². The monoisotopic (exact) mass is 302 g/mol. The molecule has 0 aliphatic rings. The lowest BCUT2D eigenvalue weighted by molar-refractivity contribution is -0.114. The van der Waals surface area contributed by atoms with E-state index in [-0.39, 0.29) is 12.5 Å². The molecule has 110 valence electrons. The van der Waals surface area contributed by atoms with Crippen LogP contribution in [0.1, 0.15) is 12.5 Å². The van der Waals surface area contributed by atoms with Crippen LogP contribution in [0, 0.1) is 0 Å². The first-order valence-electron chi connectivity index (χ1n) is 6.72. The minimum atomic E-state index is -0.105. The lowest BCUT2D eigenvalue weighted by Gasteiger charge is -2.10. The Balaban J connectivity index is 1.89. The Labute approximate surface area is 128 Å². The van der Waals surface area contributed by atoms with Gasteiger partial charge in [0.15, 0.2) is 0 Å². The number of para-hydroxylation sites is 1. The Morgan fingerprint density at radius 2 is 2.00 bits per heavy atom. The summed E-state index contributed by atoms with van der Waals surface area (Å²) >= 11 is 1.53. The number of anilines is 2. The first kappa shape index (κ1) is 15.3. The maximum Gasteiger partial charge on any atom is 0.243 e. The molecule has 0 unspecified atom stereocenters. The number of aromatic nitrogens is 2.